The van der Waals surface area contributed by atoms with Crippen LogP contribution in [0.15, 0.2) is 12.1 Å². The van der Waals surface area contributed by atoms with Crippen LogP contribution in [-0.4, -0.2) is 19.3 Å². The van der Waals surface area contributed by atoms with Crippen LogP contribution in [0.4, 0.5) is 0 Å². The van der Waals surface area contributed by atoms with Gasteiger partial charge in [0.2, 0.25) is 0 Å². The van der Waals surface area contributed by atoms with E-state index in [1.54, 1.807) is 7.11 Å². The number of hydrogen-bond donors (Lipinski definition) is 0. The zero-order valence-electron chi connectivity index (χ0n) is 9.30. The topological polar surface area (TPSA) is 21.8 Å². The fourth-order valence-electron chi connectivity index (χ4n) is 1.79. The van der Waals surface area contributed by atoms with Gasteiger partial charge in [0.15, 0.2) is 5.75 Å². The summed E-state index contributed by atoms with van der Waals surface area (Å²) < 4.78 is 10.5. The standard InChI is InChI=1S/C12H14Cl2O2/c1-7-11(16-7)4-3-8-5-9(13)12(15-2)10(14)6-8/h5-7,11H,3-4H2,1-2H3. The molecule has 0 amide bonds. The number of halogens is 2. The molecule has 1 fully saturated rings. The van der Waals surface area contributed by atoms with Gasteiger partial charge in [-0.2, -0.15) is 0 Å². The fourth-order valence-corrected chi connectivity index (χ4v) is 2.48. The Hall–Kier alpha value is -0.440. The number of benzene rings is 1. The molecule has 1 heterocycles. The Labute approximate surface area is 105 Å². The van der Waals surface area contributed by atoms with Crippen molar-refractivity contribution in [1.82, 2.24) is 0 Å². The van der Waals surface area contributed by atoms with Crippen LogP contribution in [-0.2, 0) is 11.2 Å². The second kappa shape index (κ2) is 4.82. The highest BCUT2D eigenvalue weighted by Gasteiger charge is 2.33. The van der Waals surface area contributed by atoms with Crippen molar-refractivity contribution in [3.8, 4) is 5.75 Å². The minimum absolute atomic E-state index is 0.402. The number of epoxide rings is 1. The highest BCUT2D eigenvalue weighted by Crippen LogP contribution is 2.35. The average molecular weight is 261 g/mol. The van der Waals surface area contributed by atoms with Crippen LogP contribution >= 0.6 is 23.2 Å². The summed E-state index contributed by atoms with van der Waals surface area (Å²) >= 11 is 12.1. The molecule has 0 aromatic heterocycles. The first-order valence-corrected chi connectivity index (χ1v) is 6.04. The summed E-state index contributed by atoms with van der Waals surface area (Å²) in [5.41, 5.74) is 1.12. The predicted molar refractivity (Wildman–Crippen MR) is 65.7 cm³/mol. The molecule has 0 radical (unpaired) electrons. The van der Waals surface area contributed by atoms with Crippen LogP contribution in [0.25, 0.3) is 0 Å². The van der Waals surface area contributed by atoms with Gasteiger partial charge in [0.25, 0.3) is 0 Å². The Morgan fingerprint density at radius 3 is 2.31 bits per heavy atom. The van der Waals surface area contributed by atoms with Gasteiger partial charge >= 0.3 is 0 Å². The van der Waals surface area contributed by atoms with Gasteiger partial charge in [-0.25, -0.2) is 0 Å². The molecule has 4 heteroatoms. The lowest BCUT2D eigenvalue weighted by atomic mass is 10.1. The quantitative estimate of drug-likeness (QED) is 0.770. The van der Waals surface area contributed by atoms with Crippen LogP contribution in [0.2, 0.25) is 10.0 Å². The molecule has 1 aliphatic heterocycles. The van der Waals surface area contributed by atoms with Crippen molar-refractivity contribution in [3.05, 3.63) is 27.7 Å². The summed E-state index contributed by atoms with van der Waals surface area (Å²) in [6.45, 7) is 2.08. The summed E-state index contributed by atoms with van der Waals surface area (Å²) in [6.07, 6.45) is 2.75. The predicted octanol–water partition coefficient (Wildman–Crippen LogP) is 3.72. The van der Waals surface area contributed by atoms with Crippen molar-refractivity contribution in [2.45, 2.75) is 32.0 Å². The Kier molecular flexibility index (Phi) is 3.63. The van der Waals surface area contributed by atoms with Crippen LogP contribution in [0.5, 0.6) is 5.75 Å². The molecule has 1 saturated heterocycles. The molecule has 2 rings (SSSR count). The normalized spacial score (nSPS) is 23.2. The van der Waals surface area contributed by atoms with E-state index < -0.39 is 0 Å². The minimum atomic E-state index is 0.402. The third-order valence-corrected chi connectivity index (χ3v) is 3.38. The molecule has 0 spiro atoms. The van der Waals surface area contributed by atoms with E-state index in [4.69, 9.17) is 32.7 Å². The maximum Gasteiger partial charge on any atom is 0.156 e. The Morgan fingerprint density at radius 2 is 1.88 bits per heavy atom. The lowest BCUT2D eigenvalue weighted by molar-refractivity contribution is 0.370. The van der Waals surface area contributed by atoms with E-state index in [1.807, 2.05) is 12.1 Å². The van der Waals surface area contributed by atoms with Gasteiger partial charge in [-0.3, -0.25) is 0 Å². The number of ether oxygens (including phenoxy) is 2. The Bertz CT molecular complexity index is 370. The van der Waals surface area contributed by atoms with Gasteiger partial charge in [-0.15, -0.1) is 0 Å². The van der Waals surface area contributed by atoms with Gasteiger partial charge in [0.05, 0.1) is 29.4 Å². The zero-order valence-corrected chi connectivity index (χ0v) is 10.8. The third-order valence-electron chi connectivity index (χ3n) is 2.82. The number of aryl methyl sites for hydroxylation is 1. The van der Waals surface area contributed by atoms with Gasteiger partial charge in [0, 0.05) is 0 Å². The molecular weight excluding hydrogens is 247 g/mol. The van der Waals surface area contributed by atoms with E-state index in [9.17, 15) is 0 Å². The van der Waals surface area contributed by atoms with Gasteiger partial charge in [-0.05, 0) is 37.5 Å². The molecule has 0 bridgehead atoms. The van der Waals surface area contributed by atoms with E-state index >= 15 is 0 Å². The molecule has 16 heavy (non-hydrogen) atoms. The molecule has 0 N–H and O–H groups in total. The van der Waals surface area contributed by atoms with E-state index in [-0.39, 0.29) is 0 Å². The molecule has 2 nitrogen and oxygen atoms in total. The SMILES string of the molecule is COc1c(Cl)cc(CCC2OC2C)cc1Cl. The minimum Gasteiger partial charge on any atom is -0.494 e. The Morgan fingerprint density at radius 1 is 1.31 bits per heavy atom. The number of rotatable bonds is 4. The second-order valence-corrected chi connectivity index (χ2v) is 4.83. The van der Waals surface area contributed by atoms with Crippen LogP contribution < -0.4 is 4.74 Å². The van der Waals surface area contributed by atoms with Gasteiger partial charge in [-0.1, -0.05) is 23.2 Å². The van der Waals surface area contributed by atoms with E-state index in [2.05, 4.69) is 6.92 Å². The zero-order chi connectivity index (χ0) is 11.7. The largest absolute Gasteiger partial charge is 0.494 e. The molecular formula is C12H14Cl2O2. The first-order chi connectivity index (χ1) is 7.61. The molecule has 88 valence electrons. The van der Waals surface area contributed by atoms with Gasteiger partial charge in [0.1, 0.15) is 0 Å². The lowest BCUT2D eigenvalue weighted by Gasteiger charge is -2.08. The molecule has 1 aliphatic rings. The first kappa shape index (κ1) is 12.0. The molecule has 0 saturated carbocycles. The van der Waals surface area contributed by atoms with Crippen molar-refractivity contribution >= 4 is 23.2 Å². The molecule has 2 unspecified atom stereocenters. The Balaban J connectivity index is 2.04. The average Bonchev–Trinajstić information content (AvgIpc) is 2.91. The molecule has 1 aromatic carbocycles. The van der Waals surface area contributed by atoms with E-state index in [1.165, 1.54) is 0 Å². The summed E-state index contributed by atoms with van der Waals surface area (Å²) in [4.78, 5) is 0. The third kappa shape index (κ3) is 2.62. The molecule has 0 aliphatic carbocycles. The maximum atomic E-state index is 6.05. The first-order valence-electron chi connectivity index (χ1n) is 5.29. The molecule has 1 aromatic rings. The summed E-state index contributed by atoms with van der Waals surface area (Å²) in [6, 6.07) is 3.80. The number of hydrogen-bond acceptors (Lipinski definition) is 2. The monoisotopic (exact) mass is 260 g/mol. The van der Waals surface area contributed by atoms with Crippen LogP contribution in [0, 0.1) is 0 Å². The van der Waals surface area contributed by atoms with E-state index in [0.29, 0.717) is 28.0 Å². The highest BCUT2D eigenvalue weighted by molar-refractivity contribution is 6.37. The number of methoxy groups -OCH3 is 1. The summed E-state index contributed by atoms with van der Waals surface area (Å²) in [7, 11) is 1.56. The second-order valence-electron chi connectivity index (χ2n) is 4.01. The van der Waals surface area contributed by atoms with Gasteiger partial charge < -0.3 is 9.47 Å². The highest BCUT2D eigenvalue weighted by atomic mass is 35.5. The van der Waals surface area contributed by atoms with E-state index in [0.717, 1.165) is 18.4 Å². The van der Waals surface area contributed by atoms with Crippen molar-refractivity contribution in [2.75, 3.05) is 7.11 Å². The van der Waals surface area contributed by atoms with Crippen LogP contribution in [0.3, 0.4) is 0 Å². The van der Waals surface area contributed by atoms with Crippen molar-refractivity contribution in [1.29, 1.82) is 0 Å². The van der Waals surface area contributed by atoms with Crippen molar-refractivity contribution < 1.29 is 9.47 Å². The lowest BCUT2D eigenvalue weighted by Crippen LogP contribution is -1.95. The van der Waals surface area contributed by atoms with Crippen LogP contribution in [0.1, 0.15) is 18.9 Å². The smallest absolute Gasteiger partial charge is 0.156 e. The maximum absolute atomic E-state index is 6.05. The summed E-state index contributed by atoms with van der Waals surface area (Å²) in [5, 5.41) is 1.13. The summed E-state index contributed by atoms with van der Waals surface area (Å²) in [5.74, 6) is 0.545. The molecule has 2 atom stereocenters. The van der Waals surface area contributed by atoms with Crippen molar-refractivity contribution in [2.24, 2.45) is 0 Å². The van der Waals surface area contributed by atoms with Crippen molar-refractivity contribution in [3.63, 3.8) is 0 Å². The fraction of sp³-hybridized carbons (Fsp3) is 0.500.